The Bertz CT molecular complexity index is 667. The summed E-state index contributed by atoms with van der Waals surface area (Å²) >= 11 is 0. The van der Waals surface area contributed by atoms with Gasteiger partial charge in [-0.1, -0.05) is 35.4 Å². The van der Waals surface area contributed by atoms with Crippen LogP contribution in [-0.2, 0) is 0 Å². The molecule has 0 heterocycles. The van der Waals surface area contributed by atoms with Gasteiger partial charge in [-0.2, -0.15) is 0 Å². The molecule has 0 fully saturated rings. The van der Waals surface area contributed by atoms with E-state index < -0.39 is 0 Å². The van der Waals surface area contributed by atoms with Crippen molar-refractivity contribution in [1.82, 2.24) is 0 Å². The molecular weight excluding hydrogens is 275 g/mol. The summed E-state index contributed by atoms with van der Waals surface area (Å²) in [5, 5.41) is 1.20. The maximum Gasteiger partial charge on any atom is 0.186 e. The fraction of sp³-hybridized carbons (Fsp3) is 0.316. The van der Waals surface area contributed by atoms with Gasteiger partial charge in [0.15, 0.2) is 5.52 Å². The maximum atomic E-state index is 12.8. The van der Waals surface area contributed by atoms with E-state index in [1.54, 1.807) is 0 Å². The largest absolute Gasteiger partial charge is 0.289 e. The SMILES string of the molecule is Cc1cc(C)c(PC(=O)c2c(C)cc(C)cc2C)c(C)c1. The van der Waals surface area contributed by atoms with Crippen LogP contribution in [0.25, 0.3) is 0 Å². The first-order chi connectivity index (χ1) is 9.79. The molecule has 0 radical (unpaired) electrons. The van der Waals surface area contributed by atoms with Crippen LogP contribution >= 0.6 is 8.58 Å². The van der Waals surface area contributed by atoms with Gasteiger partial charge in [0, 0.05) is 5.56 Å². The molecular formula is C19H23OP. The minimum atomic E-state index is 0.200. The van der Waals surface area contributed by atoms with Gasteiger partial charge >= 0.3 is 0 Å². The van der Waals surface area contributed by atoms with E-state index >= 15 is 0 Å². The topological polar surface area (TPSA) is 17.1 Å². The van der Waals surface area contributed by atoms with Crippen molar-refractivity contribution in [2.24, 2.45) is 0 Å². The van der Waals surface area contributed by atoms with Gasteiger partial charge in [0.25, 0.3) is 0 Å². The number of benzene rings is 2. The number of rotatable bonds is 3. The summed E-state index contributed by atoms with van der Waals surface area (Å²) in [5.74, 6) is 0. The van der Waals surface area contributed by atoms with Crippen LogP contribution in [0.15, 0.2) is 24.3 Å². The zero-order valence-electron chi connectivity index (χ0n) is 13.7. The Hall–Kier alpha value is -1.46. The van der Waals surface area contributed by atoms with Crippen LogP contribution in [0.2, 0.25) is 0 Å². The standard InChI is InChI=1S/C19H23OP/c1-11-7-13(3)17(14(4)8-11)19(20)21-18-15(5)9-12(2)10-16(18)6/h7-10,21H,1-6H3. The second-order valence-corrected chi connectivity index (χ2v) is 7.21. The van der Waals surface area contributed by atoms with E-state index in [1.807, 2.05) is 13.8 Å². The van der Waals surface area contributed by atoms with Crippen molar-refractivity contribution in [2.75, 3.05) is 0 Å². The van der Waals surface area contributed by atoms with Crippen molar-refractivity contribution in [3.8, 4) is 0 Å². The smallest absolute Gasteiger partial charge is 0.186 e. The molecule has 21 heavy (non-hydrogen) atoms. The molecule has 0 aromatic heterocycles. The van der Waals surface area contributed by atoms with Gasteiger partial charge in [0.05, 0.1) is 0 Å². The first-order valence-corrected chi connectivity index (χ1v) is 8.26. The molecule has 2 heteroatoms. The van der Waals surface area contributed by atoms with E-state index in [9.17, 15) is 4.79 Å². The van der Waals surface area contributed by atoms with E-state index in [4.69, 9.17) is 0 Å². The normalized spacial score (nSPS) is 11.3. The average molecular weight is 298 g/mol. The van der Waals surface area contributed by atoms with Gasteiger partial charge in [-0.3, -0.25) is 4.79 Å². The molecule has 1 atom stereocenters. The average Bonchev–Trinajstić information content (AvgIpc) is 2.32. The van der Waals surface area contributed by atoms with Crippen molar-refractivity contribution >= 4 is 19.4 Å². The van der Waals surface area contributed by atoms with E-state index in [0.29, 0.717) is 0 Å². The van der Waals surface area contributed by atoms with Crippen LogP contribution in [-0.4, -0.2) is 5.52 Å². The molecule has 2 rings (SSSR count). The van der Waals surface area contributed by atoms with Crippen molar-refractivity contribution in [1.29, 1.82) is 0 Å². The summed E-state index contributed by atoms with van der Waals surface area (Å²) in [7, 11) is 0.200. The third-order valence-electron chi connectivity index (χ3n) is 3.82. The van der Waals surface area contributed by atoms with Crippen LogP contribution in [0, 0.1) is 41.5 Å². The first-order valence-electron chi connectivity index (χ1n) is 7.26. The third-order valence-corrected chi connectivity index (χ3v) is 5.34. The van der Waals surface area contributed by atoms with E-state index in [2.05, 4.69) is 52.0 Å². The van der Waals surface area contributed by atoms with Gasteiger partial charge in [-0.15, -0.1) is 0 Å². The zero-order valence-corrected chi connectivity index (χ0v) is 14.7. The van der Waals surface area contributed by atoms with Gasteiger partial charge in [0.2, 0.25) is 0 Å². The Labute approximate surface area is 129 Å². The van der Waals surface area contributed by atoms with Crippen LogP contribution in [0.4, 0.5) is 0 Å². The lowest BCUT2D eigenvalue weighted by Gasteiger charge is -2.14. The van der Waals surface area contributed by atoms with E-state index in [-0.39, 0.29) is 14.1 Å². The lowest BCUT2D eigenvalue weighted by atomic mass is 10.0. The summed E-state index contributed by atoms with van der Waals surface area (Å²) in [6.07, 6.45) is 0. The molecule has 0 amide bonds. The predicted octanol–water partition coefficient (Wildman–Crippen LogP) is 4.68. The van der Waals surface area contributed by atoms with Crippen LogP contribution in [0.3, 0.4) is 0 Å². The van der Waals surface area contributed by atoms with Crippen molar-refractivity contribution in [2.45, 2.75) is 41.5 Å². The molecule has 0 saturated carbocycles. The highest BCUT2D eigenvalue weighted by atomic mass is 31.1. The quantitative estimate of drug-likeness (QED) is 0.752. The van der Waals surface area contributed by atoms with Gasteiger partial charge in [-0.25, -0.2) is 0 Å². The molecule has 1 nitrogen and oxygen atoms in total. The molecule has 0 aliphatic heterocycles. The Morgan fingerprint density at radius 3 is 1.52 bits per heavy atom. The summed E-state index contributed by atoms with van der Waals surface area (Å²) in [4.78, 5) is 12.8. The molecule has 1 unspecified atom stereocenters. The molecule has 0 bridgehead atoms. The van der Waals surface area contributed by atoms with Crippen LogP contribution in [0.1, 0.15) is 43.7 Å². The Kier molecular flexibility index (Phi) is 4.64. The van der Waals surface area contributed by atoms with Crippen molar-refractivity contribution < 1.29 is 4.79 Å². The van der Waals surface area contributed by atoms with Gasteiger partial charge < -0.3 is 0 Å². The second kappa shape index (κ2) is 6.12. The monoisotopic (exact) mass is 298 g/mol. The lowest BCUT2D eigenvalue weighted by molar-refractivity contribution is 0.108. The lowest BCUT2D eigenvalue weighted by Crippen LogP contribution is -2.11. The molecule has 2 aromatic carbocycles. The highest BCUT2D eigenvalue weighted by molar-refractivity contribution is 7.66. The van der Waals surface area contributed by atoms with Crippen molar-refractivity contribution in [3.63, 3.8) is 0 Å². The van der Waals surface area contributed by atoms with Crippen molar-refractivity contribution in [3.05, 3.63) is 63.2 Å². The summed E-state index contributed by atoms with van der Waals surface area (Å²) in [6, 6.07) is 8.52. The number of carbonyl (C=O) groups excluding carboxylic acids is 1. The fourth-order valence-electron chi connectivity index (χ4n) is 3.09. The molecule has 110 valence electrons. The Balaban J connectivity index is 2.40. The third kappa shape index (κ3) is 3.41. The highest BCUT2D eigenvalue weighted by Crippen LogP contribution is 2.27. The second-order valence-electron chi connectivity index (χ2n) is 6.00. The summed E-state index contributed by atoms with van der Waals surface area (Å²) < 4.78 is 0. The first kappa shape index (κ1) is 15.9. The molecule has 2 aromatic rings. The summed E-state index contributed by atoms with van der Waals surface area (Å²) in [5.41, 5.74) is 8.25. The maximum absolute atomic E-state index is 12.8. The molecule has 0 aliphatic rings. The molecule has 0 aliphatic carbocycles. The number of hydrogen-bond donors (Lipinski definition) is 0. The van der Waals surface area contributed by atoms with Gasteiger partial charge in [0.1, 0.15) is 0 Å². The molecule has 0 saturated heterocycles. The fourth-order valence-corrected chi connectivity index (χ4v) is 4.38. The predicted molar refractivity (Wildman–Crippen MR) is 93.6 cm³/mol. The zero-order chi connectivity index (χ0) is 15.7. The van der Waals surface area contributed by atoms with Crippen LogP contribution in [0.5, 0.6) is 0 Å². The Morgan fingerprint density at radius 1 is 0.714 bits per heavy atom. The summed E-state index contributed by atoms with van der Waals surface area (Å²) in [6.45, 7) is 12.4. The highest BCUT2D eigenvalue weighted by Gasteiger charge is 2.16. The molecule has 0 N–H and O–H groups in total. The number of carbonyl (C=O) groups is 1. The van der Waals surface area contributed by atoms with Gasteiger partial charge in [-0.05, 0) is 77.7 Å². The van der Waals surface area contributed by atoms with Crippen LogP contribution < -0.4 is 5.30 Å². The van der Waals surface area contributed by atoms with E-state index in [0.717, 1.165) is 16.7 Å². The minimum Gasteiger partial charge on any atom is -0.289 e. The molecule has 0 spiro atoms. The Morgan fingerprint density at radius 2 is 1.10 bits per heavy atom. The van der Waals surface area contributed by atoms with E-state index in [1.165, 1.54) is 27.6 Å². The number of hydrogen-bond acceptors (Lipinski definition) is 1. The number of aryl methyl sites for hydroxylation is 6. The minimum absolute atomic E-state index is 0.200.